The number of hydrogen-bond acceptors (Lipinski definition) is 9. The van der Waals surface area contributed by atoms with Crippen molar-refractivity contribution in [3.63, 3.8) is 0 Å². The maximum absolute atomic E-state index is 12.9. The van der Waals surface area contributed by atoms with Gasteiger partial charge in [0.05, 0.1) is 30.4 Å². The van der Waals surface area contributed by atoms with Crippen molar-refractivity contribution in [2.75, 3.05) is 37.4 Å². The number of aromatic nitrogens is 4. The minimum atomic E-state index is -3.65. The number of thioether (sulfide) groups is 1. The van der Waals surface area contributed by atoms with Gasteiger partial charge in [-0.3, -0.25) is 4.79 Å². The van der Waals surface area contributed by atoms with Crippen molar-refractivity contribution in [2.45, 2.75) is 23.5 Å². The normalized spacial score (nSPS) is 15.0. The van der Waals surface area contributed by atoms with Gasteiger partial charge >= 0.3 is 0 Å². The van der Waals surface area contributed by atoms with E-state index in [1.165, 1.54) is 22.1 Å². The summed E-state index contributed by atoms with van der Waals surface area (Å²) >= 11 is 2.83. The molecule has 3 heterocycles. The maximum atomic E-state index is 12.9. The first-order valence-corrected chi connectivity index (χ1v) is 13.1. The molecule has 3 aromatic rings. The van der Waals surface area contributed by atoms with Gasteiger partial charge < -0.3 is 10.1 Å². The number of benzene rings is 1. The summed E-state index contributed by atoms with van der Waals surface area (Å²) in [7, 11) is -3.65. The van der Waals surface area contributed by atoms with Gasteiger partial charge in [0.15, 0.2) is 0 Å². The lowest BCUT2D eigenvalue weighted by Gasteiger charge is -2.26. The van der Waals surface area contributed by atoms with E-state index in [1.54, 1.807) is 28.2 Å². The average Bonchev–Trinajstić information content (AvgIpc) is 3.47. The van der Waals surface area contributed by atoms with Crippen LogP contribution in [0.4, 0.5) is 5.69 Å². The molecule has 10 nitrogen and oxygen atoms in total. The summed E-state index contributed by atoms with van der Waals surface area (Å²) in [6.45, 7) is 3.73. The lowest BCUT2D eigenvalue weighted by Crippen LogP contribution is -2.40. The second-order valence-electron chi connectivity index (χ2n) is 7.03. The number of carbonyl (C=O) groups is 1. The molecule has 4 rings (SSSR count). The number of nitrogens with zero attached hydrogens (tertiary/aromatic N) is 5. The molecule has 1 fully saturated rings. The molecule has 2 aromatic heterocycles. The third kappa shape index (κ3) is 5.35. The third-order valence-electron chi connectivity index (χ3n) is 4.81. The van der Waals surface area contributed by atoms with Crippen LogP contribution in [-0.4, -0.2) is 70.9 Å². The summed E-state index contributed by atoms with van der Waals surface area (Å²) in [6, 6.07) is 8.71. The number of ether oxygens (including phenoxy) is 1. The number of hydrogen-bond donors (Lipinski definition) is 1. The van der Waals surface area contributed by atoms with Crippen LogP contribution in [0.1, 0.15) is 10.4 Å². The number of carbonyl (C=O) groups excluding carboxylic acids is 1. The Bertz CT molecular complexity index is 1170. The quantitative estimate of drug-likeness (QED) is 0.471. The van der Waals surface area contributed by atoms with Crippen molar-refractivity contribution in [2.24, 2.45) is 0 Å². The number of rotatable bonds is 8. The van der Waals surface area contributed by atoms with E-state index >= 15 is 0 Å². The number of morpholine rings is 1. The second kappa shape index (κ2) is 10.1. The molecule has 13 heteroatoms. The second-order valence-corrected chi connectivity index (χ2v) is 10.9. The van der Waals surface area contributed by atoms with Crippen LogP contribution >= 0.6 is 23.1 Å². The largest absolute Gasteiger partial charge is 0.379 e. The summed E-state index contributed by atoms with van der Waals surface area (Å²) in [6.07, 6.45) is 0. The molecule has 0 unspecified atom stereocenters. The van der Waals surface area contributed by atoms with Crippen LogP contribution in [0.5, 0.6) is 0 Å². The van der Waals surface area contributed by atoms with Gasteiger partial charge in [-0.05, 0) is 46.5 Å². The Balaban J connectivity index is 1.40. The number of aryl methyl sites for hydroxylation is 1. The van der Waals surface area contributed by atoms with Gasteiger partial charge in [0, 0.05) is 23.7 Å². The third-order valence-corrected chi connectivity index (χ3v) is 8.52. The van der Waals surface area contributed by atoms with Crippen LogP contribution in [0.25, 0.3) is 0 Å². The first kappa shape index (κ1) is 22.9. The highest BCUT2D eigenvalue weighted by Gasteiger charge is 2.27. The molecule has 170 valence electrons. The monoisotopic (exact) mass is 494 g/mol. The van der Waals surface area contributed by atoms with Crippen molar-refractivity contribution in [3.05, 3.63) is 46.2 Å². The lowest BCUT2D eigenvalue weighted by molar-refractivity contribution is -0.113. The molecule has 1 saturated heterocycles. The predicted molar refractivity (Wildman–Crippen MR) is 121 cm³/mol. The average molecular weight is 495 g/mol. The van der Waals surface area contributed by atoms with Crippen LogP contribution in [0.15, 0.2) is 45.8 Å². The summed E-state index contributed by atoms with van der Waals surface area (Å²) in [5.74, 6) is -0.185. The molecule has 32 heavy (non-hydrogen) atoms. The van der Waals surface area contributed by atoms with Gasteiger partial charge in [-0.15, -0.1) is 16.4 Å². The molecule has 0 bridgehead atoms. The van der Waals surface area contributed by atoms with Crippen LogP contribution in [0.2, 0.25) is 0 Å². The highest BCUT2D eigenvalue weighted by molar-refractivity contribution is 7.99. The molecule has 1 aliphatic rings. The first-order chi connectivity index (χ1) is 15.4. The lowest BCUT2D eigenvalue weighted by atomic mass is 10.2. The molecule has 0 saturated carbocycles. The molecule has 0 aliphatic carbocycles. The number of amides is 1. The van der Waals surface area contributed by atoms with E-state index in [2.05, 4.69) is 20.8 Å². The maximum Gasteiger partial charge on any atom is 0.243 e. The Morgan fingerprint density at radius 1 is 1.28 bits per heavy atom. The van der Waals surface area contributed by atoms with Crippen molar-refractivity contribution in [1.29, 1.82) is 0 Å². The number of nitrogens with one attached hydrogen (secondary N) is 1. The zero-order chi connectivity index (χ0) is 22.6. The van der Waals surface area contributed by atoms with E-state index in [0.29, 0.717) is 43.7 Å². The molecule has 1 N–H and O–H groups in total. The molecule has 1 aromatic carbocycles. The summed E-state index contributed by atoms with van der Waals surface area (Å²) in [5, 5.41) is 17.0. The predicted octanol–water partition coefficient (Wildman–Crippen LogP) is 1.84. The Kier molecular flexibility index (Phi) is 7.20. The highest BCUT2D eigenvalue weighted by atomic mass is 32.2. The van der Waals surface area contributed by atoms with Crippen molar-refractivity contribution in [3.8, 4) is 0 Å². The van der Waals surface area contributed by atoms with Crippen molar-refractivity contribution >= 4 is 44.7 Å². The van der Waals surface area contributed by atoms with Crippen molar-refractivity contribution < 1.29 is 17.9 Å². The fourth-order valence-electron chi connectivity index (χ4n) is 3.10. The van der Waals surface area contributed by atoms with E-state index < -0.39 is 10.0 Å². The molecule has 1 amide bonds. The van der Waals surface area contributed by atoms with E-state index in [1.807, 2.05) is 24.4 Å². The molecule has 1 aliphatic heterocycles. The van der Waals surface area contributed by atoms with E-state index in [0.717, 1.165) is 10.4 Å². The molecule has 0 spiro atoms. The van der Waals surface area contributed by atoms with Crippen molar-refractivity contribution in [1.82, 2.24) is 24.5 Å². The van der Waals surface area contributed by atoms with Gasteiger partial charge in [0.1, 0.15) is 0 Å². The SMILES string of the molecule is Cc1ccc(S(=O)(=O)N2CCOCC2)cc1NC(=O)CSc1nnnn1Cc1cccs1. The zero-order valence-electron chi connectivity index (χ0n) is 17.3. The Hall–Kier alpha value is -2.32. The highest BCUT2D eigenvalue weighted by Crippen LogP contribution is 2.24. The number of thiophene rings is 1. The fraction of sp³-hybridized carbons (Fsp3) is 0.368. The van der Waals surface area contributed by atoms with Crippen LogP contribution < -0.4 is 5.32 Å². The van der Waals surface area contributed by atoms with E-state index in [4.69, 9.17) is 4.74 Å². The zero-order valence-corrected chi connectivity index (χ0v) is 19.8. The van der Waals surface area contributed by atoms with E-state index in [-0.39, 0.29) is 16.6 Å². The van der Waals surface area contributed by atoms with Crippen LogP contribution in [0.3, 0.4) is 0 Å². The summed E-state index contributed by atoms with van der Waals surface area (Å²) in [5.41, 5.74) is 1.23. The fourth-order valence-corrected chi connectivity index (χ4v) is 5.90. The van der Waals surface area contributed by atoms with E-state index in [9.17, 15) is 13.2 Å². The first-order valence-electron chi connectivity index (χ1n) is 9.83. The Labute approximate surface area is 194 Å². The summed E-state index contributed by atoms with van der Waals surface area (Å²) in [4.78, 5) is 13.8. The molecular formula is C19H22N6O4S3. The van der Waals surface area contributed by atoms with Gasteiger partial charge in [-0.25, -0.2) is 13.1 Å². The summed E-state index contributed by atoms with van der Waals surface area (Å²) < 4.78 is 34.1. The minimum absolute atomic E-state index is 0.0880. The molecule has 0 atom stereocenters. The Morgan fingerprint density at radius 3 is 2.84 bits per heavy atom. The van der Waals surface area contributed by atoms with Crippen LogP contribution in [-0.2, 0) is 26.1 Å². The van der Waals surface area contributed by atoms with Gasteiger partial charge in [-0.2, -0.15) is 4.31 Å². The number of tetrazole rings is 1. The molecular weight excluding hydrogens is 472 g/mol. The van der Waals surface area contributed by atoms with Gasteiger partial charge in [0.25, 0.3) is 0 Å². The topological polar surface area (TPSA) is 119 Å². The Morgan fingerprint density at radius 2 is 2.09 bits per heavy atom. The van der Waals surface area contributed by atoms with Gasteiger partial charge in [0.2, 0.25) is 21.1 Å². The van der Waals surface area contributed by atoms with Crippen LogP contribution in [0, 0.1) is 6.92 Å². The number of sulfonamides is 1. The standard InChI is InChI=1S/C19H22N6O4S3/c1-14-4-5-16(32(27,28)24-6-8-29-9-7-24)11-17(14)20-18(26)13-31-19-21-22-23-25(19)12-15-3-2-10-30-15/h2-5,10-11H,6-9,12-13H2,1H3,(H,20,26). The minimum Gasteiger partial charge on any atom is -0.379 e. The smallest absolute Gasteiger partial charge is 0.243 e. The number of anilines is 1. The molecule has 0 radical (unpaired) electrons. The van der Waals surface area contributed by atoms with Gasteiger partial charge in [-0.1, -0.05) is 23.9 Å².